The van der Waals surface area contributed by atoms with Crippen molar-refractivity contribution in [3.05, 3.63) is 23.7 Å². The van der Waals surface area contributed by atoms with Crippen molar-refractivity contribution in [3.8, 4) is 0 Å². The molecule has 0 aliphatic carbocycles. The van der Waals surface area contributed by atoms with Gasteiger partial charge in [0.25, 0.3) is 0 Å². The topological polar surface area (TPSA) is 37.6 Å². The van der Waals surface area contributed by atoms with Crippen molar-refractivity contribution in [2.24, 2.45) is 0 Å². The van der Waals surface area contributed by atoms with E-state index in [9.17, 15) is 0 Å². The molecule has 1 N–H and O–H groups in total. The highest BCUT2D eigenvalue weighted by Crippen LogP contribution is 2.18. The Morgan fingerprint density at radius 2 is 2.44 bits per heavy atom. The van der Waals surface area contributed by atoms with Crippen LogP contribution in [0.25, 0.3) is 0 Å². The van der Waals surface area contributed by atoms with E-state index in [2.05, 4.69) is 23.2 Å². The lowest BCUT2D eigenvalue weighted by Crippen LogP contribution is -2.38. The van der Waals surface area contributed by atoms with Crippen molar-refractivity contribution in [3.63, 3.8) is 0 Å². The van der Waals surface area contributed by atoms with Gasteiger partial charge >= 0.3 is 0 Å². The molecule has 0 aromatic carbocycles. The summed E-state index contributed by atoms with van der Waals surface area (Å²) < 4.78 is 11.0. The molecule has 102 valence electrons. The van der Waals surface area contributed by atoms with E-state index in [4.69, 9.17) is 9.15 Å². The van der Waals surface area contributed by atoms with Gasteiger partial charge in [0, 0.05) is 25.8 Å². The third-order valence-corrected chi connectivity index (χ3v) is 3.56. The molecule has 0 spiro atoms. The van der Waals surface area contributed by atoms with Gasteiger partial charge in [-0.05, 0) is 32.0 Å². The summed E-state index contributed by atoms with van der Waals surface area (Å²) >= 11 is 0. The fraction of sp³-hybridized carbons (Fsp3) is 0.714. The van der Waals surface area contributed by atoms with Crippen LogP contribution in [0.4, 0.5) is 0 Å². The molecule has 0 radical (unpaired) electrons. The first-order chi connectivity index (χ1) is 8.83. The van der Waals surface area contributed by atoms with Gasteiger partial charge in [0.2, 0.25) is 0 Å². The second-order valence-electron chi connectivity index (χ2n) is 4.88. The molecule has 1 atom stereocenters. The van der Waals surface area contributed by atoms with Gasteiger partial charge in [0.05, 0.1) is 18.9 Å². The summed E-state index contributed by atoms with van der Waals surface area (Å²) in [6.07, 6.45) is 4.59. The highest BCUT2D eigenvalue weighted by Gasteiger charge is 2.20. The zero-order valence-electron chi connectivity index (χ0n) is 11.4. The zero-order valence-corrected chi connectivity index (χ0v) is 11.4. The van der Waals surface area contributed by atoms with Crippen LogP contribution >= 0.6 is 0 Å². The van der Waals surface area contributed by atoms with E-state index in [0.717, 1.165) is 38.5 Å². The van der Waals surface area contributed by atoms with Crippen molar-refractivity contribution >= 4 is 0 Å². The quantitative estimate of drug-likeness (QED) is 0.840. The number of likely N-dealkylation sites (tertiary alicyclic amines) is 1. The van der Waals surface area contributed by atoms with Gasteiger partial charge in [-0.2, -0.15) is 0 Å². The zero-order chi connectivity index (χ0) is 12.8. The maximum absolute atomic E-state index is 5.54. The first kappa shape index (κ1) is 13.6. The number of nitrogens with zero attached hydrogens (tertiary/aromatic N) is 1. The van der Waals surface area contributed by atoms with Gasteiger partial charge in [-0.25, -0.2) is 0 Å². The number of methoxy groups -OCH3 is 1. The Labute approximate surface area is 109 Å². The average molecular weight is 252 g/mol. The Morgan fingerprint density at radius 1 is 1.56 bits per heavy atom. The largest absolute Gasteiger partial charge is 0.468 e. The summed E-state index contributed by atoms with van der Waals surface area (Å²) in [5.74, 6) is 1.07. The van der Waals surface area contributed by atoms with Crippen LogP contribution in [0.5, 0.6) is 0 Å². The Bertz CT molecular complexity index is 351. The minimum atomic E-state index is 0.392. The lowest BCUT2D eigenvalue weighted by Gasteiger charge is -2.31. The maximum atomic E-state index is 5.54. The second kappa shape index (κ2) is 6.92. The molecule has 4 nitrogen and oxygen atoms in total. The van der Waals surface area contributed by atoms with Gasteiger partial charge < -0.3 is 14.5 Å². The lowest BCUT2D eigenvalue weighted by atomic mass is 10.1. The van der Waals surface area contributed by atoms with E-state index in [-0.39, 0.29) is 0 Å². The Morgan fingerprint density at radius 3 is 3.22 bits per heavy atom. The molecule has 1 aliphatic heterocycles. The standard InChI is InChI=1S/C14H24N2O2/c1-3-15-9-14-12(6-8-18-14)10-16-7-4-5-13(11-16)17-2/h6,8,13,15H,3-5,7,9-11H2,1-2H3. The number of hydrogen-bond acceptors (Lipinski definition) is 4. The van der Waals surface area contributed by atoms with Crippen LogP contribution in [0.3, 0.4) is 0 Å². The third kappa shape index (κ3) is 3.57. The van der Waals surface area contributed by atoms with E-state index in [1.54, 1.807) is 6.26 Å². The van der Waals surface area contributed by atoms with Crippen molar-refractivity contribution in [2.75, 3.05) is 26.7 Å². The Kier molecular flexibility index (Phi) is 5.23. The lowest BCUT2D eigenvalue weighted by molar-refractivity contribution is 0.0283. The third-order valence-electron chi connectivity index (χ3n) is 3.56. The molecule has 1 aliphatic rings. The monoisotopic (exact) mass is 252 g/mol. The molecule has 0 bridgehead atoms. The molecule has 1 fully saturated rings. The summed E-state index contributed by atoms with van der Waals surface area (Å²) in [6.45, 7) is 7.05. The van der Waals surface area contributed by atoms with Crippen molar-refractivity contribution in [1.82, 2.24) is 10.2 Å². The van der Waals surface area contributed by atoms with Crippen LogP contribution in [0, 0.1) is 0 Å². The molecule has 1 aromatic heterocycles. The van der Waals surface area contributed by atoms with Crippen LogP contribution in [0.2, 0.25) is 0 Å². The fourth-order valence-corrected chi connectivity index (χ4v) is 2.49. The van der Waals surface area contributed by atoms with Gasteiger partial charge in [0.1, 0.15) is 5.76 Å². The van der Waals surface area contributed by atoms with Crippen LogP contribution in [0.1, 0.15) is 31.1 Å². The number of hydrogen-bond donors (Lipinski definition) is 1. The maximum Gasteiger partial charge on any atom is 0.122 e. The smallest absolute Gasteiger partial charge is 0.122 e. The molecule has 1 aromatic rings. The van der Waals surface area contributed by atoms with Gasteiger partial charge in [-0.15, -0.1) is 0 Å². The summed E-state index contributed by atoms with van der Waals surface area (Å²) in [4.78, 5) is 2.46. The molecule has 1 unspecified atom stereocenters. The molecular formula is C14H24N2O2. The molecule has 1 saturated heterocycles. The minimum absolute atomic E-state index is 0.392. The van der Waals surface area contributed by atoms with E-state index < -0.39 is 0 Å². The fourth-order valence-electron chi connectivity index (χ4n) is 2.49. The number of rotatable bonds is 6. The summed E-state index contributed by atoms with van der Waals surface area (Å²) in [5.41, 5.74) is 1.30. The highest BCUT2D eigenvalue weighted by molar-refractivity contribution is 5.17. The SMILES string of the molecule is CCNCc1occc1CN1CCCC(OC)C1. The molecule has 2 heterocycles. The molecule has 2 rings (SSSR count). The number of furan rings is 1. The molecular weight excluding hydrogens is 228 g/mol. The van der Waals surface area contributed by atoms with Crippen LogP contribution in [0.15, 0.2) is 16.7 Å². The Hall–Kier alpha value is -0.840. The second-order valence-corrected chi connectivity index (χ2v) is 4.88. The normalized spacial score (nSPS) is 21.3. The number of piperidine rings is 1. The first-order valence-corrected chi connectivity index (χ1v) is 6.84. The summed E-state index contributed by atoms with van der Waals surface area (Å²) in [7, 11) is 1.81. The van der Waals surface area contributed by atoms with Crippen LogP contribution < -0.4 is 5.32 Å². The molecule has 18 heavy (non-hydrogen) atoms. The Balaban J connectivity index is 1.90. The van der Waals surface area contributed by atoms with E-state index in [1.165, 1.54) is 18.4 Å². The summed E-state index contributed by atoms with van der Waals surface area (Å²) in [6, 6.07) is 2.09. The van der Waals surface area contributed by atoms with Crippen molar-refractivity contribution in [1.29, 1.82) is 0 Å². The van der Waals surface area contributed by atoms with Gasteiger partial charge in [0.15, 0.2) is 0 Å². The number of ether oxygens (including phenoxy) is 1. The molecule has 0 amide bonds. The van der Waals surface area contributed by atoms with Crippen LogP contribution in [-0.4, -0.2) is 37.7 Å². The van der Waals surface area contributed by atoms with Gasteiger partial charge in [-0.1, -0.05) is 6.92 Å². The van der Waals surface area contributed by atoms with Crippen molar-refractivity contribution < 1.29 is 9.15 Å². The number of nitrogens with one attached hydrogen (secondary N) is 1. The van der Waals surface area contributed by atoms with Crippen LogP contribution in [-0.2, 0) is 17.8 Å². The predicted octanol–water partition coefficient (Wildman–Crippen LogP) is 2.00. The minimum Gasteiger partial charge on any atom is -0.468 e. The van der Waals surface area contributed by atoms with E-state index in [1.807, 2.05) is 7.11 Å². The van der Waals surface area contributed by atoms with Crippen molar-refractivity contribution in [2.45, 2.75) is 39.0 Å². The predicted molar refractivity (Wildman–Crippen MR) is 71.4 cm³/mol. The molecule has 4 heteroatoms. The van der Waals surface area contributed by atoms with Gasteiger partial charge in [-0.3, -0.25) is 4.90 Å². The van der Waals surface area contributed by atoms with E-state index in [0.29, 0.717) is 6.10 Å². The summed E-state index contributed by atoms with van der Waals surface area (Å²) in [5, 5.41) is 3.31. The molecule has 0 saturated carbocycles. The van der Waals surface area contributed by atoms with E-state index >= 15 is 0 Å². The average Bonchev–Trinajstić information content (AvgIpc) is 2.84. The highest BCUT2D eigenvalue weighted by atomic mass is 16.5. The first-order valence-electron chi connectivity index (χ1n) is 6.84.